The fourth-order valence-corrected chi connectivity index (χ4v) is 4.95. The predicted octanol–water partition coefficient (Wildman–Crippen LogP) is 5.52. The Labute approximate surface area is 164 Å². The van der Waals surface area contributed by atoms with Crippen molar-refractivity contribution in [3.8, 4) is 5.75 Å². The first kappa shape index (κ1) is 20.1. The highest BCUT2D eigenvalue weighted by Gasteiger charge is 2.49. The van der Waals surface area contributed by atoms with Gasteiger partial charge in [0.25, 0.3) is 0 Å². The van der Waals surface area contributed by atoms with Crippen LogP contribution in [-0.2, 0) is 16.0 Å². The van der Waals surface area contributed by atoms with Gasteiger partial charge in [0.2, 0.25) is 0 Å². The number of allylic oxidation sites excluding steroid dienone is 1. The Morgan fingerprint density at radius 3 is 2.67 bits per heavy atom. The maximum absolute atomic E-state index is 12.9. The van der Waals surface area contributed by atoms with E-state index in [4.69, 9.17) is 9.47 Å². The average molecular weight is 371 g/mol. The average Bonchev–Trinajstić information content (AvgIpc) is 2.90. The van der Waals surface area contributed by atoms with E-state index in [0.717, 1.165) is 37.0 Å². The summed E-state index contributed by atoms with van der Waals surface area (Å²) in [7, 11) is 1.69. The number of benzene rings is 1. The molecule has 0 bridgehead atoms. The summed E-state index contributed by atoms with van der Waals surface area (Å²) in [5.74, 6) is 1.43. The summed E-state index contributed by atoms with van der Waals surface area (Å²) in [6.45, 7) is 10.9. The van der Waals surface area contributed by atoms with Crippen LogP contribution in [0, 0.1) is 11.3 Å². The summed E-state index contributed by atoms with van der Waals surface area (Å²) in [6, 6.07) is 8.18. The smallest absolute Gasteiger partial charge is 0.159 e. The van der Waals surface area contributed by atoms with Crippen LogP contribution in [0.1, 0.15) is 65.9 Å². The van der Waals surface area contributed by atoms with Crippen molar-refractivity contribution in [3.63, 3.8) is 0 Å². The zero-order valence-electron chi connectivity index (χ0n) is 17.7. The molecule has 148 valence electrons. The van der Waals surface area contributed by atoms with Crippen LogP contribution >= 0.6 is 0 Å². The second-order valence-electron chi connectivity index (χ2n) is 9.45. The van der Waals surface area contributed by atoms with Crippen molar-refractivity contribution < 1.29 is 14.3 Å². The number of rotatable bonds is 5. The minimum absolute atomic E-state index is 0.000832. The molecule has 2 aliphatic rings. The number of ketones is 1. The van der Waals surface area contributed by atoms with Crippen molar-refractivity contribution in [2.75, 3.05) is 7.11 Å². The van der Waals surface area contributed by atoms with Gasteiger partial charge in [0.15, 0.2) is 5.78 Å². The van der Waals surface area contributed by atoms with Crippen LogP contribution in [-0.4, -0.2) is 24.6 Å². The highest BCUT2D eigenvalue weighted by molar-refractivity contribution is 5.98. The second-order valence-corrected chi connectivity index (χ2v) is 9.45. The summed E-state index contributed by atoms with van der Waals surface area (Å²) in [5, 5.41) is 0. The van der Waals surface area contributed by atoms with Gasteiger partial charge >= 0.3 is 0 Å². The Kier molecular flexibility index (Phi) is 5.54. The molecule has 3 rings (SSSR count). The van der Waals surface area contributed by atoms with Crippen molar-refractivity contribution in [2.24, 2.45) is 11.3 Å². The molecule has 0 amide bonds. The van der Waals surface area contributed by atoms with E-state index in [1.807, 2.05) is 12.1 Å². The molecular formula is C24H34O3. The van der Waals surface area contributed by atoms with E-state index in [9.17, 15) is 4.79 Å². The van der Waals surface area contributed by atoms with Crippen LogP contribution in [0.3, 0.4) is 0 Å². The minimum atomic E-state index is -0.156. The van der Waals surface area contributed by atoms with Crippen molar-refractivity contribution in [2.45, 2.75) is 78.4 Å². The summed E-state index contributed by atoms with van der Waals surface area (Å²) < 4.78 is 11.8. The molecule has 0 spiro atoms. The van der Waals surface area contributed by atoms with Gasteiger partial charge in [-0.05, 0) is 75.6 Å². The largest absolute Gasteiger partial charge is 0.497 e. The van der Waals surface area contributed by atoms with E-state index < -0.39 is 0 Å². The molecule has 1 aromatic rings. The van der Waals surface area contributed by atoms with Crippen molar-refractivity contribution in [3.05, 3.63) is 41.0 Å². The topological polar surface area (TPSA) is 35.5 Å². The SMILES string of the molecule is COc1cccc(C[C@@H](C)C2=C3CC[C@H](OC(C)(C)C)[C@@]3(C)CCC2=O)c1. The number of Topliss-reactive ketones (excluding diaryl/α,β-unsaturated/α-hetero) is 1. The van der Waals surface area contributed by atoms with E-state index in [1.54, 1.807) is 7.11 Å². The van der Waals surface area contributed by atoms with E-state index >= 15 is 0 Å². The van der Waals surface area contributed by atoms with Gasteiger partial charge in [-0.3, -0.25) is 4.79 Å². The monoisotopic (exact) mass is 370 g/mol. The van der Waals surface area contributed by atoms with Gasteiger partial charge in [-0.15, -0.1) is 0 Å². The highest BCUT2D eigenvalue weighted by atomic mass is 16.5. The van der Waals surface area contributed by atoms with Crippen LogP contribution in [0.5, 0.6) is 5.75 Å². The molecule has 3 heteroatoms. The molecule has 1 saturated carbocycles. The quantitative estimate of drug-likeness (QED) is 0.685. The second kappa shape index (κ2) is 7.43. The zero-order chi connectivity index (χ0) is 19.8. The third-order valence-electron chi connectivity index (χ3n) is 6.22. The maximum Gasteiger partial charge on any atom is 0.159 e. The van der Waals surface area contributed by atoms with E-state index in [2.05, 4.69) is 46.8 Å². The Morgan fingerprint density at radius 1 is 1.26 bits per heavy atom. The molecule has 2 aliphatic carbocycles. The summed E-state index contributed by atoms with van der Waals surface area (Å²) in [4.78, 5) is 12.9. The molecule has 0 N–H and O–H groups in total. The van der Waals surface area contributed by atoms with Crippen molar-refractivity contribution in [1.82, 2.24) is 0 Å². The molecule has 3 atom stereocenters. The molecule has 1 fully saturated rings. The van der Waals surface area contributed by atoms with E-state index in [0.29, 0.717) is 12.2 Å². The van der Waals surface area contributed by atoms with E-state index in [-0.39, 0.29) is 23.0 Å². The lowest BCUT2D eigenvalue weighted by molar-refractivity contribution is -0.120. The maximum atomic E-state index is 12.9. The summed E-state index contributed by atoms with van der Waals surface area (Å²) in [6.07, 6.45) is 4.63. The van der Waals surface area contributed by atoms with Gasteiger partial charge < -0.3 is 9.47 Å². The Hall–Kier alpha value is -1.61. The van der Waals surface area contributed by atoms with Gasteiger partial charge in [0.1, 0.15) is 5.75 Å². The van der Waals surface area contributed by atoms with Gasteiger partial charge in [-0.1, -0.05) is 31.6 Å². The standard InChI is InChI=1S/C24H34O3/c1-16(14-17-8-7-9-18(15-17)26-6)22-19-10-11-21(27-23(2,3)4)24(19,5)13-12-20(22)25/h7-9,15-16,21H,10-14H2,1-6H3/t16-,21+,24+/m1/s1. The van der Waals surface area contributed by atoms with Gasteiger partial charge in [-0.25, -0.2) is 0 Å². The van der Waals surface area contributed by atoms with Gasteiger partial charge in [0, 0.05) is 11.8 Å². The molecule has 0 heterocycles. The Balaban J connectivity index is 1.89. The molecule has 27 heavy (non-hydrogen) atoms. The fourth-order valence-electron chi connectivity index (χ4n) is 4.95. The molecule has 0 saturated heterocycles. The minimum Gasteiger partial charge on any atom is -0.497 e. The lowest BCUT2D eigenvalue weighted by atomic mass is 9.68. The number of hydrogen-bond acceptors (Lipinski definition) is 3. The van der Waals surface area contributed by atoms with Crippen LogP contribution in [0.25, 0.3) is 0 Å². The first-order valence-corrected chi connectivity index (χ1v) is 10.2. The van der Waals surface area contributed by atoms with Crippen LogP contribution < -0.4 is 4.74 Å². The van der Waals surface area contributed by atoms with Gasteiger partial charge in [-0.2, -0.15) is 0 Å². The normalized spacial score (nSPS) is 26.9. The number of methoxy groups -OCH3 is 1. The molecule has 0 aliphatic heterocycles. The lowest BCUT2D eigenvalue weighted by Gasteiger charge is -2.41. The first-order chi connectivity index (χ1) is 12.6. The molecule has 1 aromatic carbocycles. The number of hydrogen-bond donors (Lipinski definition) is 0. The third-order valence-corrected chi connectivity index (χ3v) is 6.22. The molecule has 0 radical (unpaired) electrons. The van der Waals surface area contributed by atoms with Crippen LogP contribution in [0.2, 0.25) is 0 Å². The fraction of sp³-hybridized carbons (Fsp3) is 0.625. The van der Waals surface area contributed by atoms with Crippen molar-refractivity contribution in [1.29, 1.82) is 0 Å². The van der Waals surface area contributed by atoms with Crippen LogP contribution in [0.4, 0.5) is 0 Å². The van der Waals surface area contributed by atoms with Crippen molar-refractivity contribution >= 4 is 5.78 Å². The Morgan fingerprint density at radius 2 is 2.00 bits per heavy atom. The molecular weight excluding hydrogens is 336 g/mol. The van der Waals surface area contributed by atoms with Gasteiger partial charge in [0.05, 0.1) is 18.8 Å². The summed E-state index contributed by atoms with van der Waals surface area (Å²) >= 11 is 0. The number of ether oxygens (including phenoxy) is 2. The highest BCUT2D eigenvalue weighted by Crippen LogP contribution is 2.54. The number of carbonyl (C=O) groups excluding carboxylic acids is 1. The predicted molar refractivity (Wildman–Crippen MR) is 109 cm³/mol. The Bertz CT molecular complexity index is 740. The number of carbonyl (C=O) groups is 1. The lowest BCUT2D eigenvalue weighted by Crippen LogP contribution is -2.40. The van der Waals surface area contributed by atoms with Crippen LogP contribution in [0.15, 0.2) is 35.4 Å². The van der Waals surface area contributed by atoms with E-state index in [1.165, 1.54) is 11.1 Å². The first-order valence-electron chi connectivity index (χ1n) is 10.2. The zero-order valence-corrected chi connectivity index (χ0v) is 17.7. The number of fused-ring (bicyclic) bond motifs is 1. The third kappa shape index (κ3) is 4.13. The summed E-state index contributed by atoms with van der Waals surface area (Å²) in [5.41, 5.74) is 3.50. The molecule has 0 unspecified atom stereocenters. The molecule has 3 nitrogen and oxygen atoms in total. The molecule has 0 aromatic heterocycles.